The summed E-state index contributed by atoms with van der Waals surface area (Å²) in [5.41, 5.74) is 11.1. The number of carboxylic acid groups (broad SMARTS) is 2. The molecule has 0 aromatic carbocycles. The van der Waals surface area contributed by atoms with Gasteiger partial charge in [0.05, 0.1) is 5.92 Å². The minimum atomic E-state index is -1.31. The molecule has 12 nitrogen and oxygen atoms in total. The lowest BCUT2D eigenvalue weighted by molar-refractivity contribution is -0.145. The normalized spacial score (nSPS) is 14.3. The summed E-state index contributed by atoms with van der Waals surface area (Å²) in [5, 5.41) is 23.3. The molecular weight excluding hydrogens is 448 g/mol. The molecule has 0 bridgehead atoms. The van der Waals surface area contributed by atoms with E-state index in [9.17, 15) is 33.9 Å². The highest BCUT2D eigenvalue weighted by Gasteiger charge is 2.24. The Morgan fingerprint density at radius 1 is 0.853 bits per heavy atom. The quantitative estimate of drug-likeness (QED) is 0.134. The first-order valence-corrected chi connectivity index (χ1v) is 11.4. The summed E-state index contributed by atoms with van der Waals surface area (Å²) >= 11 is 0. The molecule has 0 saturated carbocycles. The molecule has 0 aromatic heterocycles. The third kappa shape index (κ3) is 14.9. The van der Waals surface area contributed by atoms with Crippen LogP contribution in [0.5, 0.6) is 0 Å². The van der Waals surface area contributed by atoms with Crippen LogP contribution in [0.1, 0.15) is 71.6 Å². The predicted molar refractivity (Wildman–Crippen MR) is 122 cm³/mol. The number of carboxylic acids is 2. The molecule has 12 heteroatoms. The number of rotatable bonds is 19. The molecule has 0 saturated heterocycles. The third-order valence-corrected chi connectivity index (χ3v) is 5.26. The van der Waals surface area contributed by atoms with Gasteiger partial charge in [0.2, 0.25) is 17.7 Å². The van der Waals surface area contributed by atoms with Gasteiger partial charge >= 0.3 is 11.9 Å². The first-order valence-electron chi connectivity index (χ1n) is 11.4. The van der Waals surface area contributed by atoms with Gasteiger partial charge in [-0.25, -0.2) is 4.79 Å². The van der Waals surface area contributed by atoms with Gasteiger partial charge in [-0.15, -0.1) is 0 Å². The monoisotopic (exact) mass is 486 g/mol. The van der Waals surface area contributed by atoms with Gasteiger partial charge in [-0.2, -0.15) is 0 Å². The summed E-state index contributed by atoms with van der Waals surface area (Å²) in [6.45, 7) is 3.39. The Morgan fingerprint density at radius 3 is 1.97 bits per heavy atom. The highest BCUT2D eigenvalue weighted by molar-refractivity contribution is 5.85. The zero-order valence-corrected chi connectivity index (χ0v) is 19.9. The van der Waals surface area contributed by atoms with E-state index in [0.717, 1.165) is 0 Å². The highest BCUT2D eigenvalue weighted by Crippen LogP contribution is 2.14. The van der Waals surface area contributed by atoms with Crippen molar-refractivity contribution in [2.24, 2.45) is 23.3 Å². The molecule has 4 atom stereocenters. The molecule has 0 rings (SSSR count). The lowest BCUT2D eigenvalue weighted by Crippen LogP contribution is -2.41. The van der Waals surface area contributed by atoms with Crippen LogP contribution in [0, 0.1) is 11.8 Å². The van der Waals surface area contributed by atoms with Crippen molar-refractivity contribution in [2.45, 2.75) is 83.7 Å². The SMILES string of the molecule is CC(=O)C[C@@H](CCC(=O)N[C@@H](CCC(=O)NCCCC[C@H](CC(C)N)C(N)=O)C(=O)O)C(=O)O. The van der Waals surface area contributed by atoms with E-state index in [1.54, 1.807) is 6.92 Å². The van der Waals surface area contributed by atoms with Crippen LogP contribution in [0.15, 0.2) is 0 Å². The summed E-state index contributed by atoms with van der Waals surface area (Å²) in [7, 11) is 0. The van der Waals surface area contributed by atoms with Gasteiger partial charge in [0, 0.05) is 37.8 Å². The summed E-state index contributed by atoms with van der Waals surface area (Å²) < 4.78 is 0. The molecule has 0 radical (unpaired) electrons. The number of aliphatic carboxylic acids is 2. The van der Waals surface area contributed by atoms with E-state index in [0.29, 0.717) is 32.2 Å². The van der Waals surface area contributed by atoms with E-state index in [2.05, 4.69) is 10.6 Å². The fourth-order valence-electron chi connectivity index (χ4n) is 3.42. The second kappa shape index (κ2) is 16.6. The number of amides is 3. The molecule has 1 unspecified atom stereocenters. The number of carbonyl (C=O) groups excluding carboxylic acids is 4. The van der Waals surface area contributed by atoms with E-state index in [4.69, 9.17) is 16.6 Å². The van der Waals surface area contributed by atoms with E-state index in [-0.39, 0.29) is 55.8 Å². The van der Waals surface area contributed by atoms with Crippen LogP contribution in [0.4, 0.5) is 0 Å². The number of hydrogen-bond donors (Lipinski definition) is 6. The van der Waals surface area contributed by atoms with E-state index in [1.165, 1.54) is 6.92 Å². The molecule has 0 aliphatic carbocycles. The molecule has 0 aliphatic rings. The Morgan fingerprint density at radius 2 is 1.47 bits per heavy atom. The van der Waals surface area contributed by atoms with E-state index < -0.39 is 35.7 Å². The van der Waals surface area contributed by atoms with Crippen molar-refractivity contribution in [2.75, 3.05) is 6.54 Å². The van der Waals surface area contributed by atoms with Crippen LogP contribution < -0.4 is 22.1 Å². The van der Waals surface area contributed by atoms with Crippen LogP contribution in [-0.4, -0.2) is 64.3 Å². The second-order valence-electron chi connectivity index (χ2n) is 8.64. The molecule has 0 fully saturated rings. The van der Waals surface area contributed by atoms with Gasteiger partial charge in [-0.1, -0.05) is 6.42 Å². The molecular formula is C22H38N4O8. The fraction of sp³-hybridized carbons (Fsp3) is 0.727. The van der Waals surface area contributed by atoms with E-state index in [1.807, 2.05) is 0 Å². The number of nitrogens with one attached hydrogen (secondary N) is 2. The number of carbonyl (C=O) groups is 6. The second-order valence-corrected chi connectivity index (χ2v) is 8.64. The lowest BCUT2D eigenvalue weighted by atomic mass is 9.94. The largest absolute Gasteiger partial charge is 0.481 e. The molecule has 0 aliphatic heterocycles. The molecule has 194 valence electrons. The van der Waals surface area contributed by atoms with Gasteiger partial charge in [-0.3, -0.25) is 19.2 Å². The molecule has 0 aromatic rings. The van der Waals surface area contributed by atoms with Crippen molar-refractivity contribution >= 4 is 35.4 Å². The molecule has 3 amide bonds. The Bertz CT molecular complexity index is 726. The average Bonchev–Trinajstić information content (AvgIpc) is 2.71. The Hall–Kier alpha value is -3.02. The fourth-order valence-corrected chi connectivity index (χ4v) is 3.42. The average molecular weight is 487 g/mol. The lowest BCUT2D eigenvalue weighted by Gasteiger charge is -2.16. The molecule has 0 spiro atoms. The van der Waals surface area contributed by atoms with Crippen molar-refractivity contribution < 1.29 is 39.0 Å². The summed E-state index contributed by atoms with van der Waals surface area (Å²) in [4.78, 5) is 69.1. The van der Waals surface area contributed by atoms with Crippen LogP contribution in [0.2, 0.25) is 0 Å². The van der Waals surface area contributed by atoms with Crippen molar-refractivity contribution in [1.82, 2.24) is 10.6 Å². The first kappa shape index (κ1) is 31.0. The maximum Gasteiger partial charge on any atom is 0.326 e. The van der Waals surface area contributed by atoms with Crippen LogP contribution in [-0.2, 0) is 28.8 Å². The number of unbranched alkanes of at least 4 members (excludes halogenated alkanes) is 1. The van der Waals surface area contributed by atoms with E-state index >= 15 is 0 Å². The minimum absolute atomic E-state index is 0.103. The Balaban J connectivity index is 4.35. The number of Topliss-reactive ketones (excluding diaryl/α,β-unsaturated/α-hetero) is 1. The predicted octanol–water partition coefficient (Wildman–Crippen LogP) is -0.0786. The number of ketones is 1. The van der Waals surface area contributed by atoms with Crippen molar-refractivity contribution in [3.8, 4) is 0 Å². The Labute approximate surface area is 199 Å². The summed E-state index contributed by atoms with van der Waals surface area (Å²) in [6.07, 6.45) is 1.50. The van der Waals surface area contributed by atoms with Gasteiger partial charge in [0.1, 0.15) is 11.8 Å². The van der Waals surface area contributed by atoms with Crippen molar-refractivity contribution in [3.05, 3.63) is 0 Å². The van der Waals surface area contributed by atoms with Crippen molar-refractivity contribution in [1.29, 1.82) is 0 Å². The maximum atomic E-state index is 12.0. The third-order valence-electron chi connectivity index (χ3n) is 5.26. The first-order chi connectivity index (χ1) is 15.8. The smallest absolute Gasteiger partial charge is 0.326 e. The number of hydrogen-bond acceptors (Lipinski definition) is 7. The van der Waals surface area contributed by atoms with Crippen LogP contribution in [0.25, 0.3) is 0 Å². The maximum absolute atomic E-state index is 12.0. The van der Waals surface area contributed by atoms with Gasteiger partial charge in [0.25, 0.3) is 0 Å². The summed E-state index contributed by atoms with van der Waals surface area (Å²) in [6, 6.07) is -1.44. The van der Waals surface area contributed by atoms with Gasteiger partial charge in [0.15, 0.2) is 0 Å². The zero-order chi connectivity index (χ0) is 26.3. The molecule has 0 heterocycles. The minimum Gasteiger partial charge on any atom is -0.481 e. The summed E-state index contributed by atoms with van der Waals surface area (Å²) in [5.74, 6) is -5.62. The van der Waals surface area contributed by atoms with Gasteiger partial charge < -0.3 is 37.1 Å². The molecule has 34 heavy (non-hydrogen) atoms. The van der Waals surface area contributed by atoms with Crippen LogP contribution >= 0.6 is 0 Å². The van der Waals surface area contributed by atoms with Crippen molar-refractivity contribution in [3.63, 3.8) is 0 Å². The van der Waals surface area contributed by atoms with Crippen LogP contribution in [0.3, 0.4) is 0 Å². The van der Waals surface area contributed by atoms with Gasteiger partial charge in [-0.05, 0) is 46.0 Å². The highest BCUT2D eigenvalue weighted by atomic mass is 16.4. The topological polar surface area (TPSA) is 219 Å². The number of nitrogens with two attached hydrogens (primary N) is 2. The standard InChI is InChI=1S/C22H38N4O8/c1-13(23)11-15(20(24)30)5-3-4-10-25-18(28)9-7-17(22(33)34)26-19(29)8-6-16(21(31)32)12-14(2)27/h13,15-17H,3-12,23H2,1-2H3,(H2,24,30)(H,25,28)(H,26,29)(H,31,32)(H,33,34)/t13?,15-,16-,17+/m1/s1. The zero-order valence-electron chi connectivity index (χ0n) is 19.9. The number of primary amides is 1. The Kier molecular flexibility index (Phi) is 15.1. The molecule has 8 N–H and O–H groups in total.